The molecule has 1 atom stereocenters. The zero-order valence-corrected chi connectivity index (χ0v) is 14.0. The van der Waals surface area contributed by atoms with Gasteiger partial charge < -0.3 is 19.3 Å². The number of nitrogens with zero attached hydrogens (tertiary/aromatic N) is 1. The summed E-state index contributed by atoms with van der Waals surface area (Å²) in [6, 6.07) is 5.62. The van der Waals surface area contributed by atoms with Crippen LogP contribution in [0.25, 0.3) is 0 Å². The Morgan fingerprint density at radius 1 is 1.13 bits per heavy atom. The van der Waals surface area contributed by atoms with E-state index in [1.54, 1.807) is 26.4 Å². The van der Waals surface area contributed by atoms with Gasteiger partial charge in [0.25, 0.3) is 0 Å². The van der Waals surface area contributed by atoms with E-state index >= 15 is 0 Å². The number of hydrogen-bond donors (Lipinski definition) is 1. The van der Waals surface area contributed by atoms with E-state index in [4.69, 9.17) is 14.2 Å². The van der Waals surface area contributed by atoms with E-state index in [0.717, 1.165) is 5.56 Å². The first-order valence-corrected chi connectivity index (χ1v) is 7.55. The van der Waals surface area contributed by atoms with Gasteiger partial charge in [-0.25, -0.2) is 0 Å². The van der Waals surface area contributed by atoms with Crippen LogP contribution in [-0.2, 0) is 11.3 Å². The van der Waals surface area contributed by atoms with Crippen molar-refractivity contribution in [2.24, 2.45) is 0 Å². The van der Waals surface area contributed by atoms with E-state index in [1.165, 1.54) is 0 Å². The third-order valence-corrected chi connectivity index (χ3v) is 3.27. The van der Waals surface area contributed by atoms with Crippen LogP contribution in [0.3, 0.4) is 0 Å². The molecule has 0 spiro atoms. The maximum Gasteiger partial charge on any atom is 0.161 e. The quantitative estimate of drug-likeness (QED) is 0.599. The normalized spacial score (nSPS) is 12.0. The van der Waals surface area contributed by atoms with Gasteiger partial charge in [-0.05, 0) is 17.7 Å². The largest absolute Gasteiger partial charge is 0.493 e. The van der Waals surface area contributed by atoms with E-state index in [-0.39, 0.29) is 6.61 Å². The van der Waals surface area contributed by atoms with Crippen molar-refractivity contribution in [1.29, 1.82) is 0 Å². The topological polar surface area (TPSA) is 51.2 Å². The van der Waals surface area contributed by atoms with Crippen molar-refractivity contribution in [3.8, 4) is 11.5 Å². The highest BCUT2D eigenvalue weighted by Gasteiger charge is 2.10. The van der Waals surface area contributed by atoms with E-state index < -0.39 is 6.10 Å². The van der Waals surface area contributed by atoms with Crippen LogP contribution in [0.1, 0.15) is 5.56 Å². The van der Waals surface area contributed by atoms with Crippen LogP contribution in [0.4, 0.5) is 0 Å². The van der Waals surface area contributed by atoms with Gasteiger partial charge in [0.1, 0.15) is 0 Å². The van der Waals surface area contributed by atoms with Crippen LogP contribution in [0.2, 0.25) is 0 Å². The number of aliphatic hydroxyl groups is 1. The summed E-state index contributed by atoms with van der Waals surface area (Å²) in [6.07, 6.45) is 3.05. The van der Waals surface area contributed by atoms with Crippen LogP contribution < -0.4 is 9.47 Å². The molecule has 5 nitrogen and oxygen atoms in total. The van der Waals surface area contributed by atoms with Gasteiger partial charge in [-0.15, -0.1) is 13.2 Å². The van der Waals surface area contributed by atoms with Crippen molar-refractivity contribution in [3.05, 3.63) is 49.1 Å². The molecule has 5 heteroatoms. The average molecular weight is 321 g/mol. The Kier molecular flexibility index (Phi) is 9.05. The van der Waals surface area contributed by atoms with Crippen molar-refractivity contribution in [3.63, 3.8) is 0 Å². The molecule has 128 valence electrons. The number of ether oxygens (including phenoxy) is 3. The summed E-state index contributed by atoms with van der Waals surface area (Å²) in [4.78, 5) is 2.05. The summed E-state index contributed by atoms with van der Waals surface area (Å²) in [7, 11) is 3.20. The molecule has 1 rings (SSSR count). The van der Waals surface area contributed by atoms with Gasteiger partial charge >= 0.3 is 0 Å². The molecule has 0 unspecified atom stereocenters. The molecule has 0 bridgehead atoms. The highest BCUT2D eigenvalue weighted by molar-refractivity contribution is 5.42. The number of benzene rings is 1. The van der Waals surface area contributed by atoms with Gasteiger partial charge in [-0.3, -0.25) is 4.90 Å². The van der Waals surface area contributed by atoms with Gasteiger partial charge in [0.05, 0.1) is 33.5 Å². The van der Waals surface area contributed by atoms with E-state index in [2.05, 4.69) is 13.2 Å². The molecule has 23 heavy (non-hydrogen) atoms. The predicted molar refractivity (Wildman–Crippen MR) is 92.0 cm³/mol. The molecular weight excluding hydrogens is 294 g/mol. The van der Waals surface area contributed by atoms with Crippen molar-refractivity contribution < 1.29 is 19.3 Å². The molecule has 0 saturated carbocycles. The van der Waals surface area contributed by atoms with Crippen LogP contribution in [0, 0.1) is 0 Å². The zero-order valence-electron chi connectivity index (χ0n) is 14.0. The van der Waals surface area contributed by atoms with Crippen LogP contribution in [-0.4, -0.2) is 56.6 Å². The predicted octanol–water partition coefficient (Wildman–Crippen LogP) is 2.26. The third kappa shape index (κ3) is 6.86. The third-order valence-electron chi connectivity index (χ3n) is 3.27. The van der Waals surface area contributed by atoms with E-state index in [1.807, 2.05) is 23.1 Å². The first kappa shape index (κ1) is 19.2. The minimum Gasteiger partial charge on any atom is -0.493 e. The Morgan fingerprint density at radius 3 is 2.35 bits per heavy atom. The molecule has 0 heterocycles. The Bertz CT molecular complexity index is 480. The monoisotopic (exact) mass is 321 g/mol. The van der Waals surface area contributed by atoms with E-state index in [9.17, 15) is 5.11 Å². The molecule has 0 amide bonds. The summed E-state index contributed by atoms with van der Waals surface area (Å²) >= 11 is 0. The lowest BCUT2D eigenvalue weighted by Crippen LogP contribution is -2.35. The molecule has 0 aromatic heterocycles. The number of aliphatic hydroxyl groups excluding tert-OH is 1. The molecule has 0 aliphatic heterocycles. The molecule has 0 radical (unpaired) electrons. The molecule has 0 saturated heterocycles. The molecule has 1 N–H and O–H groups in total. The highest BCUT2D eigenvalue weighted by Crippen LogP contribution is 2.27. The Hall–Kier alpha value is -1.82. The Balaban J connectivity index is 2.43. The summed E-state index contributed by atoms with van der Waals surface area (Å²) in [5.74, 6) is 1.35. The fourth-order valence-electron chi connectivity index (χ4n) is 2.22. The Morgan fingerprint density at radius 2 is 1.78 bits per heavy atom. The highest BCUT2D eigenvalue weighted by atomic mass is 16.5. The minimum atomic E-state index is -0.560. The van der Waals surface area contributed by atoms with Crippen LogP contribution >= 0.6 is 0 Å². The summed E-state index contributed by atoms with van der Waals surface area (Å²) < 4.78 is 16.0. The van der Waals surface area contributed by atoms with Gasteiger partial charge in [-0.2, -0.15) is 0 Å². The van der Waals surface area contributed by atoms with Crippen LogP contribution in [0.5, 0.6) is 11.5 Å². The van der Waals surface area contributed by atoms with Crippen molar-refractivity contribution in [2.75, 3.05) is 40.5 Å². The smallest absolute Gasteiger partial charge is 0.161 e. The number of methoxy groups -OCH3 is 2. The molecule has 0 fully saturated rings. The van der Waals surface area contributed by atoms with Crippen molar-refractivity contribution in [1.82, 2.24) is 4.90 Å². The number of hydrogen-bond acceptors (Lipinski definition) is 5. The van der Waals surface area contributed by atoms with Gasteiger partial charge in [0, 0.05) is 19.6 Å². The fourth-order valence-corrected chi connectivity index (χ4v) is 2.22. The summed E-state index contributed by atoms with van der Waals surface area (Å²) in [6.45, 7) is 10.0. The SMILES string of the molecule is C=CCN(CC=C)C[C@H](O)COCc1ccc(OC)c(OC)c1. The first-order chi connectivity index (χ1) is 11.1. The second-order valence-electron chi connectivity index (χ2n) is 5.15. The van der Waals surface area contributed by atoms with Gasteiger partial charge in [-0.1, -0.05) is 18.2 Å². The summed E-state index contributed by atoms with van der Waals surface area (Å²) in [5.41, 5.74) is 0.962. The standard InChI is InChI=1S/C18H27NO4/c1-5-9-19(10-6-2)12-16(20)14-23-13-15-7-8-17(21-3)18(11-15)22-4/h5-8,11,16,20H,1-2,9-10,12-14H2,3-4H3/t16-/m0/s1. The second kappa shape index (κ2) is 10.8. The van der Waals surface area contributed by atoms with Gasteiger partial charge in [0.2, 0.25) is 0 Å². The van der Waals surface area contributed by atoms with E-state index in [0.29, 0.717) is 37.7 Å². The lowest BCUT2D eigenvalue weighted by Gasteiger charge is -2.22. The second-order valence-corrected chi connectivity index (χ2v) is 5.15. The maximum atomic E-state index is 10.1. The molecule has 0 aliphatic rings. The summed E-state index contributed by atoms with van der Waals surface area (Å²) in [5, 5.41) is 10.1. The minimum absolute atomic E-state index is 0.263. The van der Waals surface area contributed by atoms with Crippen molar-refractivity contribution >= 4 is 0 Å². The maximum absolute atomic E-state index is 10.1. The first-order valence-electron chi connectivity index (χ1n) is 7.55. The average Bonchev–Trinajstić information content (AvgIpc) is 2.55. The molecule has 0 aliphatic carbocycles. The number of rotatable bonds is 12. The lowest BCUT2D eigenvalue weighted by atomic mass is 10.2. The zero-order chi connectivity index (χ0) is 17.1. The van der Waals surface area contributed by atoms with Crippen molar-refractivity contribution in [2.45, 2.75) is 12.7 Å². The fraction of sp³-hybridized carbons (Fsp3) is 0.444. The van der Waals surface area contributed by atoms with Gasteiger partial charge in [0.15, 0.2) is 11.5 Å². The molecule has 1 aromatic carbocycles. The lowest BCUT2D eigenvalue weighted by molar-refractivity contribution is 0.0132. The molecular formula is C18H27NO4. The molecule has 1 aromatic rings. The Labute approximate surface area is 138 Å². The van der Waals surface area contributed by atoms with Crippen LogP contribution in [0.15, 0.2) is 43.5 Å².